The Bertz CT molecular complexity index is 502. The Hall–Kier alpha value is -1.34. The molecule has 1 atom stereocenters. The van der Waals surface area contributed by atoms with Gasteiger partial charge in [-0.05, 0) is 47.2 Å². The fourth-order valence-electron chi connectivity index (χ4n) is 2.45. The molecule has 3 rings (SSSR count). The number of benzene rings is 2. The number of aryl methyl sites for hydroxylation is 1. The molecule has 1 aliphatic rings. The Labute approximate surface area is 89.4 Å². The van der Waals surface area contributed by atoms with Gasteiger partial charge in [0.05, 0.1) is 0 Å². The lowest BCUT2D eigenvalue weighted by Crippen LogP contribution is -2.07. The van der Waals surface area contributed by atoms with Crippen molar-refractivity contribution in [3.05, 3.63) is 47.5 Å². The van der Waals surface area contributed by atoms with Crippen LogP contribution in [0.25, 0.3) is 10.8 Å². The van der Waals surface area contributed by atoms with E-state index in [4.69, 9.17) is 0 Å². The van der Waals surface area contributed by atoms with E-state index in [0.717, 1.165) is 24.8 Å². The molecule has 0 bridgehead atoms. The average molecular weight is 197 g/mol. The van der Waals surface area contributed by atoms with Gasteiger partial charge in [0, 0.05) is 0 Å². The van der Waals surface area contributed by atoms with Crippen LogP contribution < -0.4 is 0 Å². The lowest BCUT2D eigenvalue weighted by Gasteiger charge is -2.20. The minimum absolute atomic E-state index is 0.502. The van der Waals surface area contributed by atoms with Crippen molar-refractivity contribution in [1.82, 2.24) is 0 Å². The van der Waals surface area contributed by atoms with Gasteiger partial charge < -0.3 is 0 Å². The minimum Gasteiger partial charge on any atom is -0.228 e. The maximum atomic E-state index is 11.8. The predicted octanol–water partition coefficient (Wildman–Crippen LogP) is 3.65. The third kappa shape index (κ3) is 1.44. The van der Waals surface area contributed by atoms with Crippen molar-refractivity contribution < 1.29 is 5.11 Å². The first kappa shape index (κ1) is 8.93. The van der Waals surface area contributed by atoms with E-state index in [2.05, 4.69) is 24.3 Å². The summed E-state index contributed by atoms with van der Waals surface area (Å²) in [6.07, 6.45) is 2.40. The third-order valence-electron chi connectivity index (χ3n) is 3.27. The molecule has 0 spiro atoms. The van der Waals surface area contributed by atoms with Crippen LogP contribution in [0.15, 0.2) is 36.4 Å². The Balaban J connectivity index is 2.27. The molecule has 0 saturated carbocycles. The van der Waals surface area contributed by atoms with Gasteiger partial charge in [-0.25, -0.2) is 5.11 Å². The molecule has 15 heavy (non-hydrogen) atoms. The molecule has 0 aliphatic heterocycles. The molecule has 0 saturated heterocycles. The van der Waals surface area contributed by atoms with E-state index in [9.17, 15) is 5.11 Å². The van der Waals surface area contributed by atoms with Crippen LogP contribution in [0.4, 0.5) is 0 Å². The smallest absolute Gasteiger partial charge is 0.118 e. The molecule has 0 N–H and O–H groups in total. The Kier molecular flexibility index (Phi) is 2.00. The van der Waals surface area contributed by atoms with Gasteiger partial charge in [0.2, 0.25) is 0 Å². The van der Waals surface area contributed by atoms with E-state index in [1.807, 2.05) is 12.1 Å². The van der Waals surface area contributed by atoms with E-state index < -0.39 is 6.10 Å². The van der Waals surface area contributed by atoms with E-state index in [0.29, 0.717) is 0 Å². The van der Waals surface area contributed by atoms with Gasteiger partial charge in [0.15, 0.2) is 0 Å². The summed E-state index contributed by atoms with van der Waals surface area (Å²) in [5.74, 6) is 0. The summed E-state index contributed by atoms with van der Waals surface area (Å²) >= 11 is 0. The molecule has 1 nitrogen and oxygen atoms in total. The van der Waals surface area contributed by atoms with Gasteiger partial charge >= 0.3 is 0 Å². The summed E-state index contributed by atoms with van der Waals surface area (Å²) < 4.78 is 0. The minimum atomic E-state index is -0.502. The van der Waals surface area contributed by atoms with Crippen LogP contribution >= 0.6 is 0 Å². The lowest BCUT2D eigenvalue weighted by atomic mass is 9.87. The summed E-state index contributed by atoms with van der Waals surface area (Å²) in [7, 11) is 0. The maximum absolute atomic E-state index is 11.8. The largest absolute Gasteiger partial charge is 0.228 e. The van der Waals surface area contributed by atoms with Gasteiger partial charge in [0.1, 0.15) is 6.10 Å². The highest BCUT2D eigenvalue weighted by molar-refractivity contribution is 5.84. The fourth-order valence-corrected chi connectivity index (χ4v) is 2.45. The molecule has 1 radical (unpaired) electrons. The molecule has 75 valence electrons. The first-order valence-corrected chi connectivity index (χ1v) is 5.52. The summed E-state index contributed by atoms with van der Waals surface area (Å²) in [5, 5.41) is 14.3. The molecule has 1 heteroatoms. The van der Waals surface area contributed by atoms with Crippen LogP contribution in [-0.4, -0.2) is 0 Å². The zero-order valence-corrected chi connectivity index (χ0v) is 8.57. The molecule has 0 amide bonds. The molecule has 1 aliphatic carbocycles. The molecular weight excluding hydrogens is 184 g/mol. The second kappa shape index (κ2) is 3.35. The molecular formula is C14H13O. The van der Waals surface area contributed by atoms with Crippen molar-refractivity contribution in [1.29, 1.82) is 0 Å². The van der Waals surface area contributed by atoms with Gasteiger partial charge in [-0.2, -0.15) is 0 Å². The zero-order valence-electron chi connectivity index (χ0n) is 8.57. The topological polar surface area (TPSA) is 19.9 Å². The standard InChI is InChI=1S/C14H13O/c15-14-7-3-6-12-8-10-4-1-2-5-11(10)9-13(12)14/h1-2,4-5,8-9,14H,3,6-7H2. The quantitative estimate of drug-likeness (QED) is 0.614. The van der Waals surface area contributed by atoms with Crippen LogP contribution in [0.1, 0.15) is 30.1 Å². The Morgan fingerprint density at radius 1 is 1.07 bits per heavy atom. The highest BCUT2D eigenvalue weighted by Crippen LogP contribution is 2.32. The highest BCUT2D eigenvalue weighted by atomic mass is 16.3. The second-order valence-electron chi connectivity index (χ2n) is 4.28. The molecule has 0 aromatic heterocycles. The van der Waals surface area contributed by atoms with E-state index in [-0.39, 0.29) is 0 Å². The van der Waals surface area contributed by atoms with Crippen LogP contribution in [0, 0.1) is 0 Å². The van der Waals surface area contributed by atoms with Crippen LogP contribution in [0.5, 0.6) is 0 Å². The summed E-state index contributed by atoms with van der Waals surface area (Å²) in [4.78, 5) is 0. The monoisotopic (exact) mass is 197 g/mol. The van der Waals surface area contributed by atoms with Crippen molar-refractivity contribution in [2.45, 2.75) is 25.4 Å². The SMILES string of the molecule is [O]C1CCCc2cc3ccccc3cc21. The Morgan fingerprint density at radius 3 is 2.60 bits per heavy atom. The highest BCUT2D eigenvalue weighted by Gasteiger charge is 2.19. The van der Waals surface area contributed by atoms with Gasteiger partial charge in [-0.1, -0.05) is 30.3 Å². The van der Waals surface area contributed by atoms with Gasteiger partial charge in [-0.3, -0.25) is 0 Å². The first-order valence-electron chi connectivity index (χ1n) is 5.52. The predicted molar refractivity (Wildman–Crippen MR) is 60.3 cm³/mol. The number of fused-ring (bicyclic) bond motifs is 2. The van der Waals surface area contributed by atoms with E-state index in [1.165, 1.54) is 16.3 Å². The third-order valence-corrected chi connectivity index (χ3v) is 3.27. The molecule has 2 aromatic carbocycles. The van der Waals surface area contributed by atoms with E-state index in [1.54, 1.807) is 0 Å². The van der Waals surface area contributed by atoms with Crippen molar-refractivity contribution in [3.8, 4) is 0 Å². The summed E-state index contributed by atoms with van der Waals surface area (Å²) in [5.41, 5.74) is 2.29. The average Bonchev–Trinajstić information content (AvgIpc) is 2.27. The number of rotatable bonds is 0. The normalized spacial score (nSPS) is 20.2. The van der Waals surface area contributed by atoms with Crippen molar-refractivity contribution in [2.75, 3.05) is 0 Å². The van der Waals surface area contributed by atoms with Gasteiger partial charge in [-0.15, -0.1) is 0 Å². The van der Waals surface area contributed by atoms with Crippen LogP contribution in [0.3, 0.4) is 0 Å². The van der Waals surface area contributed by atoms with E-state index >= 15 is 0 Å². The fraction of sp³-hybridized carbons (Fsp3) is 0.286. The number of hydrogen-bond donors (Lipinski definition) is 0. The molecule has 2 aromatic rings. The van der Waals surface area contributed by atoms with Crippen molar-refractivity contribution in [3.63, 3.8) is 0 Å². The van der Waals surface area contributed by atoms with Gasteiger partial charge in [0.25, 0.3) is 0 Å². The van der Waals surface area contributed by atoms with Crippen LogP contribution in [0.2, 0.25) is 0 Å². The van der Waals surface area contributed by atoms with Crippen molar-refractivity contribution in [2.24, 2.45) is 0 Å². The molecule has 0 heterocycles. The lowest BCUT2D eigenvalue weighted by molar-refractivity contribution is 0.0735. The zero-order chi connectivity index (χ0) is 10.3. The first-order chi connectivity index (χ1) is 7.34. The summed E-state index contributed by atoms with van der Waals surface area (Å²) in [6.45, 7) is 0. The molecule has 0 fully saturated rings. The van der Waals surface area contributed by atoms with Crippen LogP contribution in [-0.2, 0) is 11.5 Å². The second-order valence-corrected chi connectivity index (χ2v) is 4.28. The van der Waals surface area contributed by atoms with Crippen molar-refractivity contribution >= 4 is 10.8 Å². The Morgan fingerprint density at radius 2 is 1.80 bits per heavy atom. The number of hydrogen-bond acceptors (Lipinski definition) is 0. The maximum Gasteiger partial charge on any atom is 0.118 e. The summed E-state index contributed by atoms with van der Waals surface area (Å²) in [6, 6.07) is 12.5. The molecule has 1 unspecified atom stereocenters.